The fourth-order valence-electron chi connectivity index (χ4n) is 5.29. The lowest BCUT2D eigenvalue weighted by Crippen LogP contribution is -2.60. The summed E-state index contributed by atoms with van der Waals surface area (Å²) in [6.07, 6.45) is 1.40. The monoisotopic (exact) mass is 573 g/mol. The lowest BCUT2D eigenvalue weighted by molar-refractivity contribution is -0.147. The Bertz CT molecular complexity index is 1620. The Kier molecular flexibility index (Phi) is 7.53. The third-order valence-corrected chi connectivity index (χ3v) is 7.50. The number of fused-ring (bicyclic) bond motifs is 2. The number of carbonyl (C=O) groups is 3. The lowest BCUT2D eigenvalue weighted by Gasteiger charge is -2.29. The van der Waals surface area contributed by atoms with Crippen molar-refractivity contribution in [1.82, 2.24) is 15.6 Å². The van der Waals surface area contributed by atoms with Gasteiger partial charge in [0.2, 0.25) is 5.91 Å². The Hall–Kier alpha value is -4.30. The van der Waals surface area contributed by atoms with E-state index in [1.54, 1.807) is 39.1 Å². The number of alkyl carbamates (subject to hydrolysis) is 1. The van der Waals surface area contributed by atoms with Gasteiger partial charge in [-0.05, 0) is 66.8 Å². The van der Waals surface area contributed by atoms with Gasteiger partial charge in [0.05, 0.1) is 0 Å². The Morgan fingerprint density at radius 2 is 1.68 bits per heavy atom. The number of hydrogen-bond donors (Lipinski definition) is 4. The molecule has 0 bridgehead atoms. The van der Waals surface area contributed by atoms with Crippen LogP contribution in [0.5, 0.6) is 0 Å². The fraction of sp³-hybridized carbons (Fsp3) is 0.281. The van der Waals surface area contributed by atoms with Crippen molar-refractivity contribution < 1.29 is 24.2 Å². The standard InChI is InChI=1S/C32H32ClN3O5/c1-31(2,3)41-30(40)35-27(15-23-18-34-26-7-5-4-6-25(23)26)28(37)36-32(29(38)39)16-21-9-8-20(14-22(21)17-32)19-10-12-24(33)13-11-19/h4-14,18,27,34H,15-17H2,1-3H3,(H,35,40)(H,36,37)(H,38,39)/t27-,32?/m0/s1. The molecule has 4 aromatic rings. The molecule has 1 heterocycles. The summed E-state index contributed by atoms with van der Waals surface area (Å²) < 4.78 is 5.42. The summed E-state index contributed by atoms with van der Waals surface area (Å²) >= 11 is 6.03. The zero-order valence-corrected chi connectivity index (χ0v) is 23.8. The summed E-state index contributed by atoms with van der Waals surface area (Å²) in [7, 11) is 0. The van der Waals surface area contributed by atoms with Crippen molar-refractivity contribution in [1.29, 1.82) is 0 Å². The fourth-order valence-corrected chi connectivity index (χ4v) is 5.42. The van der Waals surface area contributed by atoms with Gasteiger partial charge in [-0.2, -0.15) is 0 Å². The summed E-state index contributed by atoms with van der Waals surface area (Å²) in [6, 6.07) is 19.8. The summed E-state index contributed by atoms with van der Waals surface area (Å²) in [5.74, 6) is -1.74. The second-order valence-corrected chi connectivity index (χ2v) is 11.9. The third-order valence-electron chi connectivity index (χ3n) is 7.25. The van der Waals surface area contributed by atoms with E-state index in [0.717, 1.165) is 38.7 Å². The topological polar surface area (TPSA) is 121 Å². The predicted molar refractivity (Wildman–Crippen MR) is 158 cm³/mol. The minimum atomic E-state index is -1.56. The zero-order chi connectivity index (χ0) is 29.4. The molecule has 1 aromatic heterocycles. The molecule has 5 rings (SSSR count). The molecule has 0 radical (unpaired) electrons. The van der Waals surface area contributed by atoms with Crippen LogP contribution in [0, 0.1) is 0 Å². The number of nitrogens with one attached hydrogen (secondary N) is 3. The highest BCUT2D eigenvalue weighted by atomic mass is 35.5. The molecule has 0 aliphatic heterocycles. The van der Waals surface area contributed by atoms with E-state index in [4.69, 9.17) is 16.3 Å². The van der Waals surface area contributed by atoms with Gasteiger partial charge in [-0.15, -0.1) is 0 Å². The quantitative estimate of drug-likeness (QED) is 0.227. The predicted octanol–water partition coefficient (Wildman–Crippen LogP) is 5.66. The van der Waals surface area contributed by atoms with Crippen LogP contribution >= 0.6 is 11.6 Å². The van der Waals surface area contributed by atoms with E-state index in [-0.39, 0.29) is 19.3 Å². The van der Waals surface area contributed by atoms with Crippen molar-refractivity contribution >= 4 is 40.5 Å². The van der Waals surface area contributed by atoms with Gasteiger partial charge in [0.1, 0.15) is 17.2 Å². The van der Waals surface area contributed by atoms with Crippen LogP contribution in [-0.2, 0) is 33.6 Å². The van der Waals surface area contributed by atoms with E-state index in [2.05, 4.69) is 15.6 Å². The molecule has 1 aliphatic rings. The number of ether oxygens (including phenoxy) is 1. The number of hydrogen-bond acceptors (Lipinski definition) is 4. The molecule has 41 heavy (non-hydrogen) atoms. The normalized spacial score (nSPS) is 17.1. The van der Waals surface area contributed by atoms with Gasteiger partial charge in [0.25, 0.3) is 0 Å². The highest BCUT2D eigenvalue weighted by molar-refractivity contribution is 6.30. The largest absolute Gasteiger partial charge is 0.479 e. The average molecular weight is 574 g/mol. The maximum atomic E-state index is 13.8. The number of halogens is 1. The van der Waals surface area contributed by atoms with E-state index in [0.29, 0.717) is 5.02 Å². The molecule has 2 amide bonds. The van der Waals surface area contributed by atoms with E-state index < -0.39 is 35.2 Å². The summed E-state index contributed by atoms with van der Waals surface area (Å²) in [5, 5.41) is 17.4. The molecular weight excluding hydrogens is 542 g/mol. The van der Waals surface area contributed by atoms with Crippen LogP contribution in [0.2, 0.25) is 5.02 Å². The summed E-state index contributed by atoms with van der Waals surface area (Å²) in [4.78, 5) is 42.4. The van der Waals surface area contributed by atoms with Crippen LogP contribution < -0.4 is 10.6 Å². The Morgan fingerprint density at radius 1 is 1.00 bits per heavy atom. The van der Waals surface area contributed by atoms with Gasteiger partial charge >= 0.3 is 12.1 Å². The molecule has 0 saturated carbocycles. The number of amides is 2. The first-order valence-corrected chi connectivity index (χ1v) is 13.8. The second-order valence-electron chi connectivity index (χ2n) is 11.5. The summed E-state index contributed by atoms with van der Waals surface area (Å²) in [6.45, 7) is 5.19. The second kappa shape index (κ2) is 10.9. The first-order chi connectivity index (χ1) is 19.4. The van der Waals surface area contributed by atoms with E-state index >= 15 is 0 Å². The zero-order valence-electron chi connectivity index (χ0n) is 23.1. The number of para-hydroxylation sites is 1. The number of benzene rings is 3. The maximum absolute atomic E-state index is 13.8. The van der Waals surface area contributed by atoms with Crippen LogP contribution in [-0.4, -0.2) is 45.2 Å². The van der Waals surface area contributed by atoms with Crippen LogP contribution in [0.3, 0.4) is 0 Å². The van der Waals surface area contributed by atoms with Crippen LogP contribution in [0.25, 0.3) is 22.0 Å². The molecule has 0 spiro atoms. The molecule has 0 fully saturated rings. The molecule has 212 valence electrons. The maximum Gasteiger partial charge on any atom is 0.408 e. The minimum absolute atomic E-state index is 0.108. The smallest absolute Gasteiger partial charge is 0.408 e. The molecule has 1 aliphatic carbocycles. The first-order valence-electron chi connectivity index (χ1n) is 13.4. The number of aromatic amines is 1. The van der Waals surface area contributed by atoms with E-state index in [9.17, 15) is 19.5 Å². The van der Waals surface area contributed by atoms with Gasteiger partial charge in [-0.25, -0.2) is 9.59 Å². The number of carbonyl (C=O) groups excluding carboxylic acids is 2. The molecule has 8 nitrogen and oxygen atoms in total. The minimum Gasteiger partial charge on any atom is -0.479 e. The number of rotatable bonds is 7. The molecule has 4 N–H and O–H groups in total. The Labute approximate surface area is 243 Å². The van der Waals surface area contributed by atoms with Crippen molar-refractivity contribution in [2.24, 2.45) is 0 Å². The Balaban J connectivity index is 1.41. The highest BCUT2D eigenvalue weighted by Gasteiger charge is 2.46. The molecule has 3 aromatic carbocycles. The average Bonchev–Trinajstić information content (AvgIpc) is 3.49. The van der Waals surface area contributed by atoms with E-state index in [1.165, 1.54) is 0 Å². The Morgan fingerprint density at radius 3 is 2.39 bits per heavy atom. The van der Waals surface area contributed by atoms with Gasteiger partial charge in [0.15, 0.2) is 0 Å². The SMILES string of the molecule is CC(C)(C)OC(=O)N[C@@H](Cc1c[nH]c2ccccc12)C(=O)NC1(C(=O)O)Cc2ccc(-c3ccc(Cl)cc3)cc2C1. The van der Waals surface area contributed by atoms with Crippen molar-refractivity contribution in [2.45, 2.75) is 57.2 Å². The molecule has 1 unspecified atom stereocenters. The first kappa shape index (κ1) is 28.2. The van der Waals surface area contributed by atoms with Crippen molar-refractivity contribution in [3.8, 4) is 11.1 Å². The van der Waals surface area contributed by atoms with Crippen LogP contribution in [0.15, 0.2) is 72.9 Å². The molecular formula is C32H32ClN3O5. The molecule has 9 heteroatoms. The van der Waals surface area contributed by atoms with Crippen LogP contribution in [0.4, 0.5) is 4.79 Å². The van der Waals surface area contributed by atoms with Gasteiger partial charge in [-0.1, -0.05) is 60.1 Å². The molecule has 0 saturated heterocycles. The summed E-state index contributed by atoms with van der Waals surface area (Å²) in [5.41, 5.74) is 2.93. The van der Waals surface area contributed by atoms with Crippen molar-refractivity contribution in [3.63, 3.8) is 0 Å². The number of carboxylic acids is 1. The third kappa shape index (κ3) is 6.23. The number of aromatic nitrogens is 1. The number of aliphatic carboxylic acids is 1. The van der Waals surface area contributed by atoms with Gasteiger partial charge < -0.3 is 25.5 Å². The van der Waals surface area contributed by atoms with Crippen molar-refractivity contribution in [3.05, 3.63) is 94.6 Å². The van der Waals surface area contributed by atoms with Crippen LogP contribution in [0.1, 0.15) is 37.5 Å². The van der Waals surface area contributed by atoms with Gasteiger partial charge in [0, 0.05) is 41.4 Å². The van der Waals surface area contributed by atoms with Crippen molar-refractivity contribution in [2.75, 3.05) is 0 Å². The highest BCUT2D eigenvalue weighted by Crippen LogP contribution is 2.34. The number of carboxylic acid groups (broad SMARTS) is 1. The van der Waals surface area contributed by atoms with E-state index in [1.807, 2.05) is 54.6 Å². The number of H-pyrrole nitrogens is 1. The lowest BCUT2D eigenvalue weighted by atomic mass is 9.94. The van der Waals surface area contributed by atoms with Gasteiger partial charge in [-0.3, -0.25) is 4.79 Å². The molecule has 2 atom stereocenters.